The number of benzene rings is 1. The van der Waals surface area contributed by atoms with E-state index in [4.69, 9.17) is 5.73 Å². The van der Waals surface area contributed by atoms with E-state index in [-0.39, 0.29) is 5.91 Å². The predicted molar refractivity (Wildman–Crippen MR) is 92.3 cm³/mol. The highest BCUT2D eigenvalue weighted by molar-refractivity contribution is 7.99. The number of nitrogens with two attached hydrogens (primary N) is 1. The van der Waals surface area contributed by atoms with Gasteiger partial charge >= 0.3 is 0 Å². The second-order valence-corrected chi connectivity index (χ2v) is 6.39. The fraction of sp³-hybridized carbons (Fsp3) is 0.438. The van der Waals surface area contributed by atoms with Crippen LogP contribution in [0.4, 0.5) is 5.69 Å². The fourth-order valence-electron chi connectivity index (χ4n) is 2.08. The van der Waals surface area contributed by atoms with Gasteiger partial charge in [-0.25, -0.2) is 0 Å². The molecule has 0 unspecified atom stereocenters. The minimum Gasteiger partial charge on any atom is -0.330 e. The highest BCUT2D eigenvalue weighted by atomic mass is 32.2. The molecule has 0 aliphatic rings. The first-order valence-corrected chi connectivity index (χ1v) is 8.62. The highest BCUT2D eigenvalue weighted by Gasteiger charge is 2.05. The smallest absolute Gasteiger partial charge is 0.224 e. The quantitative estimate of drug-likeness (QED) is 0.689. The van der Waals surface area contributed by atoms with Crippen LogP contribution in [0.2, 0.25) is 0 Å². The van der Waals surface area contributed by atoms with Crippen molar-refractivity contribution in [1.29, 1.82) is 0 Å². The lowest BCUT2D eigenvalue weighted by atomic mass is 10.1. The van der Waals surface area contributed by atoms with Crippen molar-refractivity contribution in [3.8, 4) is 0 Å². The summed E-state index contributed by atoms with van der Waals surface area (Å²) < 4.78 is 1.87. The number of hydrogen-bond acceptors (Lipinski definition) is 5. The molecular weight excluding hydrogens is 310 g/mol. The molecule has 6 nitrogen and oxygen atoms in total. The zero-order valence-corrected chi connectivity index (χ0v) is 14.2. The summed E-state index contributed by atoms with van der Waals surface area (Å²) in [5.74, 6) is 0.0615. The number of amides is 1. The Balaban J connectivity index is 1.76. The fourth-order valence-corrected chi connectivity index (χ4v) is 2.85. The van der Waals surface area contributed by atoms with Crippen molar-refractivity contribution in [1.82, 2.24) is 14.8 Å². The molecule has 0 fully saturated rings. The van der Waals surface area contributed by atoms with Crippen molar-refractivity contribution < 1.29 is 4.79 Å². The monoisotopic (exact) mass is 333 g/mol. The third-order valence-electron chi connectivity index (χ3n) is 3.38. The Morgan fingerprint density at radius 1 is 1.22 bits per heavy atom. The number of nitrogens with zero attached hydrogens (tertiary/aromatic N) is 3. The zero-order valence-electron chi connectivity index (χ0n) is 13.4. The van der Waals surface area contributed by atoms with E-state index in [1.165, 1.54) is 11.8 Å². The van der Waals surface area contributed by atoms with Gasteiger partial charge in [-0.3, -0.25) is 4.79 Å². The normalized spacial score (nSPS) is 10.7. The van der Waals surface area contributed by atoms with Gasteiger partial charge in [-0.1, -0.05) is 12.8 Å². The van der Waals surface area contributed by atoms with E-state index in [2.05, 4.69) is 15.5 Å². The molecule has 0 atom stereocenters. The van der Waals surface area contributed by atoms with Crippen LogP contribution in [0.1, 0.15) is 32.1 Å². The number of hydrogen-bond donors (Lipinski definition) is 2. The number of carbonyl (C=O) groups is 1. The molecule has 0 saturated carbocycles. The molecule has 0 radical (unpaired) electrons. The average molecular weight is 333 g/mol. The maximum atomic E-state index is 11.9. The van der Waals surface area contributed by atoms with Crippen molar-refractivity contribution >= 4 is 23.4 Å². The summed E-state index contributed by atoms with van der Waals surface area (Å²) in [5, 5.41) is 11.6. The molecule has 124 valence electrons. The van der Waals surface area contributed by atoms with Crippen molar-refractivity contribution in [3.63, 3.8) is 0 Å². The van der Waals surface area contributed by atoms with Crippen LogP contribution < -0.4 is 11.1 Å². The van der Waals surface area contributed by atoms with Crippen molar-refractivity contribution in [2.75, 3.05) is 11.9 Å². The summed E-state index contributed by atoms with van der Waals surface area (Å²) in [5.41, 5.74) is 6.26. The molecule has 0 aliphatic carbocycles. The third-order valence-corrected chi connectivity index (χ3v) is 4.44. The minimum absolute atomic E-state index is 0.0615. The maximum absolute atomic E-state index is 11.9. The van der Waals surface area contributed by atoms with Gasteiger partial charge in [0.05, 0.1) is 0 Å². The Morgan fingerprint density at radius 3 is 2.61 bits per heavy atom. The minimum atomic E-state index is 0.0615. The van der Waals surface area contributed by atoms with Crippen molar-refractivity contribution in [2.24, 2.45) is 12.8 Å². The number of anilines is 1. The molecule has 1 heterocycles. The van der Waals surface area contributed by atoms with Crippen molar-refractivity contribution in [3.05, 3.63) is 30.6 Å². The van der Waals surface area contributed by atoms with Gasteiger partial charge in [-0.05, 0) is 55.4 Å². The summed E-state index contributed by atoms with van der Waals surface area (Å²) in [6.45, 7) is 0.727. The molecule has 0 spiro atoms. The lowest BCUT2D eigenvalue weighted by Gasteiger charge is -2.06. The first-order valence-electron chi connectivity index (χ1n) is 7.81. The summed E-state index contributed by atoms with van der Waals surface area (Å²) in [4.78, 5) is 12.9. The van der Waals surface area contributed by atoms with Crippen LogP contribution in [-0.2, 0) is 11.8 Å². The predicted octanol–water partition coefficient (Wildman–Crippen LogP) is 2.81. The van der Waals surface area contributed by atoms with Crippen LogP contribution >= 0.6 is 11.8 Å². The molecule has 7 heteroatoms. The summed E-state index contributed by atoms with van der Waals surface area (Å²) in [7, 11) is 1.91. The van der Waals surface area contributed by atoms with E-state index >= 15 is 0 Å². The average Bonchev–Trinajstić information content (AvgIpc) is 2.94. The highest BCUT2D eigenvalue weighted by Crippen LogP contribution is 2.26. The number of rotatable bonds is 9. The Bertz CT molecular complexity index is 611. The third kappa shape index (κ3) is 6.03. The Hall–Kier alpha value is -1.86. The molecule has 2 aromatic rings. The molecule has 0 saturated heterocycles. The summed E-state index contributed by atoms with van der Waals surface area (Å²) in [6, 6.07) is 7.75. The Morgan fingerprint density at radius 2 is 1.96 bits per heavy atom. The first-order chi connectivity index (χ1) is 11.2. The van der Waals surface area contributed by atoms with Gasteiger partial charge < -0.3 is 15.6 Å². The van der Waals surface area contributed by atoms with Crippen LogP contribution in [0.5, 0.6) is 0 Å². The summed E-state index contributed by atoms with van der Waals surface area (Å²) in [6.07, 6.45) is 6.32. The molecular formula is C16H23N5OS. The Labute approximate surface area is 140 Å². The van der Waals surface area contributed by atoms with Gasteiger partial charge in [0.15, 0.2) is 5.16 Å². The van der Waals surface area contributed by atoms with Crippen LogP contribution in [0, 0.1) is 0 Å². The number of aryl methyl sites for hydroxylation is 1. The topological polar surface area (TPSA) is 85.8 Å². The van der Waals surface area contributed by atoms with E-state index in [1.54, 1.807) is 6.33 Å². The SMILES string of the molecule is Cn1cnnc1Sc1ccc(NC(=O)CCCCCCN)cc1. The largest absolute Gasteiger partial charge is 0.330 e. The van der Waals surface area contributed by atoms with Gasteiger partial charge in [0.25, 0.3) is 0 Å². The second kappa shape index (κ2) is 9.32. The van der Waals surface area contributed by atoms with E-state index in [0.29, 0.717) is 6.42 Å². The van der Waals surface area contributed by atoms with Crippen LogP contribution in [0.25, 0.3) is 0 Å². The molecule has 0 bridgehead atoms. The van der Waals surface area contributed by atoms with Crippen LogP contribution in [-0.4, -0.2) is 27.2 Å². The van der Waals surface area contributed by atoms with Crippen molar-refractivity contribution in [2.45, 2.75) is 42.2 Å². The molecule has 0 aliphatic heterocycles. The standard InChI is InChI=1S/C16H23N5OS/c1-21-12-18-20-16(21)23-14-9-7-13(8-10-14)19-15(22)6-4-2-3-5-11-17/h7-10,12H,2-6,11,17H2,1H3,(H,19,22). The lowest BCUT2D eigenvalue weighted by Crippen LogP contribution is -2.11. The van der Waals surface area contributed by atoms with E-state index < -0.39 is 0 Å². The van der Waals surface area contributed by atoms with Crippen LogP contribution in [0.3, 0.4) is 0 Å². The number of unbranched alkanes of at least 4 members (excludes halogenated alkanes) is 3. The number of carbonyl (C=O) groups excluding carboxylic acids is 1. The van der Waals surface area contributed by atoms with E-state index in [0.717, 1.165) is 48.0 Å². The molecule has 3 N–H and O–H groups in total. The number of aromatic nitrogens is 3. The zero-order chi connectivity index (χ0) is 16.5. The molecule has 1 aromatic carbocycles. The van der Waals surface area contributed by atoms with E-state index in [1.807, 2.05) is 35.9 Å². The van der Waals surface area contributed by atoms with E-state index in [9.17, 15) is 4.79 Å². The van der Waals surface area contributed by atoms with Gasteiger partial charge in [0.1, 0.15) is 6.33 Å². The van der Waals surface area contributed by atoms with Gasteiger partial charge in [0.2, 0.25) is 5.91 Å². The lowest BCUT2D eigenvalue weighted by molar-refractivity contribution is -0.116. The molecule has 1 amide bonds. The first kappa shape index (κ1) is 17.5. The number of nitrogens with one attached hydrogen (secondary N) is 1. The van der Waals surface area contributed by atoms with Crippen LogP contribution in [0.15, 0.2) is 40.6 Å². The molecule has 1 aromatic heterocycles. The van der Waals surface area contributed by atoms with Gasteiger partial charge in [-0.2, -0.15) is 0 Å². The Kier molecular flexibility index (Phi) is 7.09. The molecule has 23 heavy (non-hydrogen) atoms. The van der Waals surface area contributed by atoms with Gasteiger partial charge in [0, 0.05) is 24.1 Å². The second-order valence-electron chi connectivity index (χ2n) is 5.35. The summed E-state index contributed by atoms with van der Waals surface area (Å²) >= 11 is 1.54. The maximum Gasteiger partial charge on any atom is 0.224 e. The van der Waals surface area contributed by atoms with Gasteiger partial charge in [-0.15, -0.1) is 10.2 Å². The molecule has 2 rings (SSSR count).